The number of amides is 1. The van der Waals surface area contributed by atoms with Gasteiger partial charge < -0.3 is 20.3 Å². The van der Waals surface area contributed by atoms with E-state index in [1.807, 2.05) is 6.08 Å². The van der Waals surface area contributed by atoms with Crippen molar-refractivity contribution in [3.8, 4) is 0 Å². The van der Waals surface area contributed by atoms with E-state index in [4.69, 9.17) is 4.74 Å². The van der Waals surface area contributed by atoms with Gasteiger partial charge >= 0.3 is 5.97 Å². The number of carbonyl (C=O) groups is 2. The summed E-state index contributed by atoms with van der Waals surface area (Å²) in [6.07, 6.45) is 71.7. The van der Waals surface area contributed by atoms with Crippen LogP contribution in [0.2, 0.25) is 0 Å². The van der Waals surface area contributed by atoms with Crippen LogP contribution in [0.25, 0.3) is 0 Å². The molecule has 0 aliphatic carbocycles. The number of hydrogen-bond acceptors (Lipinski definition) is 5. The highest BCUT2D eigenvalue weighted by Crippen LogP contribution is 2.15. The van der Waals surface area contributed by atoms with Crippen LogP contribution < -0.4 is 5.32 Å². The Kier molecular flexibility index (Phi) is 49.7. The first kappa shape index (κ1) is 62.5. The average molecular weight is 916 g/mol. The second-order valence-corrected chi connectivity index (χ2v) is 18.0. The highest BCUT2D eigenvalue weighted by atomic mass is 16.5. The minimum Gasteiger partial charge on any atom is -0.458 e. The van der Waals surface area contributed by atoms with E-state index in [2.05, 4.69) is 123 Å². The van der Waals surface area contributed by atoms with Crippen molar-refractivity contribution < 1.29 is 24.5 Å². The molecule has 0 aromatic heterocycles. The van der Waals surface area contributed by atoms with Gasteiger partial charge in [-0.3, -0.25) is 9.59 Å². The van der Waals surface area contributed by atoms with Gasteiger partial charge in [0.1, 0.15) is 6.10 Å². The number of hydrogen-bond donors (Lipinski definition) is 3. The lowest BCUT2D eigenvalue weighted by atomic mass is 10.0. The molecule has 0 rings (SSSR count). The third-order valence-electron chi connectivity index (χ3n) is 11.6. The van der Waals surface area contributed by atoms with Crippen LogP contribution >= 0.6 is 0 Å². The Bertz CT molecular complexity index is 1350. The number of carbonyl (C=O) groups excluding carboxylic acids is 2. The fourth-order valence-corrected chi connectivity index (χ4v) is 7.55. The highest BCUT2D eigenvalue weighted by molar-refractivity contribution is 5.78. The SMILES string of the molecule is CC/C=C\C/C=C\C/C=C\C/C=C\C/C=C\C/C=C\C(CC(=O)NC(CO)C(O)CCCCCCCCCCCCCC)OC(=O)CCCCCCC/C=C/C=C/C=C/CCCCCCC. The average Bonchev–Trinajstić information content (AvgIpc) is 3.31. The van der Waals surface area contributed by atoms with Crippen LogP contribution in [0.1, 0.15) is 233 Å². The Balaban J connectivity index is 4.82. The molecule has 0 aromatic rings. The minimum atomic E-state index is -0.830. The van der Waals surface area contributed by atoms with Crippen molar-refractivity contribution in [3.63, 3.8) is 0 Å². The molecule has 0 saturated carbocycles. The van der Waals surface area contributed by atoms with E-state index in [1.54, 1.807) is 6.08 Å². The Morgan fingerprint density at radius 1 is 0.485 bits per heavy atom. The van der Waals surface area contributed by atoms with Gasteiger partial charge in [0, 0.05) is 6.42 Å². The lowest BCUT2D eigenvalue weighted by Gasteiger charge is -2.23. The number of esters is 1. The molecule has 0 fully saturated rings. The first-order valence-corrected chi connectivity index (χ1v) is 27.2. The Hall–Kier alpha value is -3.48. The van der Waals surface area contributed by atoms with Crippen molar-refractivity contribution in [2.45, 2.75) is 251 Å². The van der Waals surface area contributed by atoms with Crippen LogP contribution in [0.3, 0.4) is 0 Å². The molecule has 0 bridgehead atoms. The van der Waals surface area contributed by atoms with Gasteiger partial charge in [-0.1, -0.05) is 246 Å². The zero-order valence-corrected chi connectivity index (χ0v) is 42.8. The topological polar surface area (TPSA) is 95.9 Å². The summed E-state index contributed by atoms with van der Waals surface area (Å²) in [6.45, 7) is 6.31. The summed E-state index contributed by atoms with van der Waals surface area (Å²) < 4.78 is 5.83. The van der Waals surface area contributed by atoms with Gasteiger partial charge in [-0.25, -0.2) is 0 Å². The summed E-state index contributed by atoms with van der Waals surface area (Å²) in [5, 5.41) is 23.7. The van der Waals surface area contributed by atoms with Crippen LogP contribution in [-0.2, 0) is 14.3 Å². The monoisotopic (exact) mass is 916 g/mol. The maximum atomic E-state index is 13.2. The second-order valence-electron chi connectivity index (χ2n) is 18.0. The van der Waals surface area contributed by atoms with Crippen molar-refractivity contribution in [2.75, 3.05) is 6.61 Å². The molecule has 0 aliphatic rings. The second kappa shape index (κ2) is 52.5. The van der Waals surface area contributed by atoms with Crippen LogP contribution in [0.5, 0.6) is 0 Å². The van der Waals surface area contributed by atoms with Crippen molar-refractivity contribution in [2.24, 2.45) is 0 Å². The summed E-state index contributed by atoms with van der Waals surface area (Å²) in [6, 6.07) is -0.754. The molecule has 0 aromatic carbocycles. The zero-order chi connectivity index (χ0) is 48.1. The molecule has 0 aliphatic heterocycles. The smallest absolute Gasteiger partial charge is 0.306 e. The molecular weight excluding hydrogens is 815 g/mol. The number of nitrogens with one attached hydrogen (secondary N) is 1. The standard InChI is InChI=1S/C60H101NO5/c1-4-7-10-13-16-19-22-25-27-29-31-33-35-38-41-44-47-50-53-60(65)66-56(51-48-45-42-39-36-34-32-30-28-26-23-20-17-14-11-8-5-2)54-59(64)61-57(55-62)58(63)52-49-46-43-40-37-24-21-18-15-12-9-6-3/h8,11,17,20,22,25-29,31-34,39,42,48,51,56-58,62-63H,4-7,9-10,12-16,18-19,21,23-24,30,35-38,40-41,43-47,49-50,52-55H2,1-3H3,(H,61,64)/b11-8-,20-17-,25-22+,28-26-,29-27+,33-31+,34-32-,42-39-,51-48-. The molecule has 376 valence electrons. The van der Waals surface area contributed by atoms with E-state index in [9.17, 15) is 19.8 Å². The summed E-state index contributed by atoms with van der Waals surface area (Å²) in [7, 11) is 0. The molecule has 66 heavy (non-hydrogen) atoms. The van der Waals surface area contributed by atoms with E-state index in [-0.39, 0.29) is 24.9 Å². The first-order chi connectivity index (χ1) is 32.5. The van der Waals surface area contributed by atoms with Crippen LogP contribution in [0, 0.1) is 0 Å². The number of aliphatic hydroxyl groups is 2. The van der Waals surface area contributed by atoms with E-state index in [0.29, 0.717) is 19.3 Å². The first-order valence-electron chi connectivity index (χ1n) is 27.2. The number of allylic oxidation sites excluding steroid dienone is 17. The van der Waals surface area contributed by atoms with Gasteiger partial charge in [-0.2, -0.15) is 0 Å². The summed E-state index contributed by atoms with van der Waals surface area (Å²) in [5.41, 5.74) is 0. The van der Waals surface area contributed by atoms with Crippen molar-refractivity contribution in [1.82, 2.24) is 5.32 Å². The molecule has 3 unspecified atom stereocenters. The number of ether oxygens (including phenoxy) is 1. The maximum absolute atomic E-state index is 13.2. The van der Waals surface area contributed by atoms with Gasteiger partial charge in [0.15, 0.2) is 0 Å². The van der Waals surface area contributed by atoms with Gasteiger partial charge in [0.05, 0.1) is 25.2 Å². The molecule has 0 heterocycles. The van der Waals surface area contributed by atoms with E-state index in [1.165, 1.54) is 89.9 Å². The van der Waals surface area contributed by atoms with E-state index >= 15 is 0 Å². The number of aliphatic hydroxyl groups excluding tert-OH is 2. The maximum Gasteiger partial charge on any atom is 0.306 e. The van der Waals surface area contributed by atoms with Crippen molar-refractivity contribution >= 4 is 11.9 Å². The molecule has 6 heteroatoms. The minimum absolute atomic E-state index is 0.0617. The summed E-state index contributed by atoms with van der Waals surface area (Å²) in [5.74, 6) is -0.660. The predicted molar refractivity (Wildman–Crippen MR) is 287 cm³/mol. The van der Waals surface area contributed by atoms with Crippen LogP contribution in [0.4, 0.5) is 0 Å². The largest absolute Gasteiger partial charge is 0.458 e. The van der Waals surface area contributed by atoms with Crippen LogP contribution in [0.15, 0.2) is 109 Å². The van der Waals surface area contributed by atoms with E-state index < -0.39 is 18.2 Å². The third-order valence-corrected chi connectivity index (χ3v) is 11.6. The molecule has 3 atom stereocenters. The van der Waals surface area contributed by atoms with Gasteiger partial charge in [0.2, 0.25) is 5.91 Å². The quantitative estimate of drug-likeness (QED) is 0.0245. The molecule has 6 nitrogen and oxygen atoms in total. The molecule has 0 spiro atoms. The molecule has 1 amide bonds. The fourth-order valence-electron chi connectivity index (χ4n) is 7.55. The van der Waals surface area contributed by atoms with E-state index in [0.717, 1.165) is 96.3 Å². The lowest BCUT2D eigenvalue weighted by Crippen LogP contribution is -2.46. The van der Waals surface area contributed by atoms with Crippen molar-refractivity contribution in [1.29, 1.82) is 0 Å². The Labute approximate surface area is 407 Å². The fraction of sp³-hybridized carbons (Fsp3) is 0.667. The zero-order valence-electron chi connectivity index (χ0n) is 42.8. The normalized spacial score (nSPS) is 14.1. The number of rotatable bonds is 47. The van der Waals surface area contributed by atoms with Gasteiger partial charge in [-0.05, 0) is 83.1 Å². The Morgan fingerprint density at radius 2 is 0.894 bits per heavy atom. The Morgan fingerprint density at radius 3 is 1.35 bits per heavy atom. The summed E-state index contributed by atoms with van der Waals surface area (Å²) >= 11 is 0. The molecule has 3 N–H and O–H groups in total. The van der Waals surface area contributed by atoms with Gasteiger partial charge in [0.25, 0.3) is 0 Å². The highest BCUT2D eigenvalue weighted by Gasteiger charge is 2.23. The lowest BCUT2D eigenvalue weighted by molar-refractivity contribution is -0.148. The predicted octanol–water partition coefficient (Wildman–Crippen LogP) is 16.7. The van der Waals surface area contributed by atoms with Crippen molar-refractivity contribution in [3.05, 3.63) is 109 Å². The van der Waals surface area contributed by atoms with Gasteiger partial charge in [-0.15, -0.1) is 0 Å². The summed E-state index contributed by atoms with van der Waals surface area (Å²) in [4.78, 5) is 26.1. The van der Waals surface area contributed by atoms with Crippen LogP contribution in [-0.4, -0.2) is 46.9 Å². The third kappa shape index (κ3) is 47.0. The molecule has 0 radical (unpaired) electrons. The molecule has 0 saturated heterocycles. The number of unbranched alkanes of at least 4 members (excludes halogenated alkanes) is 21. The molecular formula is C60H101NO5.